The molecule has 92 valence electrons. The number of esters is 1. The van der Waals surface area contributed by atoms with Crippen LogP contribution < -0.4 is 0 Å². The Morgan fingerprint density at radius 3 is 2.29 bits per heavy atom. The van der Waals surface area contributed by atoms with E-state index in [1.165, 1.54) is 26.2 Å². The monoisotopic (exact) mass is 256 g/mol. The Kier molecular flexibility index (Phi) is 4.26. The van der Waals surface area contributed by atoms with Crippen molar-refractivity contribution in [2.45, 2.75) is 6.92 Å². The maximum absolute atomic E-state index is 12.1. The minimum Gasteiger partial charge on any atom is -0.468 e. The molecule has 0 aliphatic carbocycles. The second kappa shape index (κ2) is 5.29. The zero-order valence-electron chi connectivity index (χ0n) is 9.57. The van der Waals surface area contributed by atoms with Crippen molar-refractivity contribution in [1.29, 1.82) is 0 Å². The number of rotatable bonds is 4. The normalized spacial score (nSPS) is 13.9. The van der Waals surface area contributed by atoms with Crippen molar-refractivity contribution >= 4 is 23.4 Å². The van der Waals surface area contributed by atoms with Crippen molar-refractivity contribution in [3.8, 4) is 0 Å². The molecule has 0 bridgehead atoms. The first-order valence-corrected chi connectivity index (χ1v) is 5.33. The Balaban J connectivity index is 3.09. The molecule has 0 spiro atoms. The van der Waals surface area contributed by atoms with Crippen LogP contribution in [-0.4, -0.2) is 30.6 Å². The number of ketones is 1. The van der Waals surface area contributed by atoms with Gasteiger partial charge in [0.2, 0.25) is 0 Å². The summed E-state index contributed by atoms with van der Waals surface area (Å²) in [6, 6.07) is 6.09. The minimum absolute atomic E-state index is 0.302. The van der Waals surface area contributed by atoms with E-state index >= 15 is 0 Å². The smallest absolute Gasteiger partial charge is 0.321 e. The number of benzene rings is 1. The van der Waals surface area contributed by atoms with E-state index in [2.05, 4.69) is 4.74 Å². The maximum Gasteiger partial charge on any atom is 0.321 e. The molecule has 1 aromatic rings. The standard InChI is InChI=1S/C12H13ClO4/c1-12(7-14,11(16)17-2)10(15)8-3-5-9(13)6-4-8/h3-6,14H,7H2,1-2H3. The summed E-state index contributed by atoms with van der Waals surface area (Å²) >= 11 is 5.70. The number of aliphatic hydroxyl groups is 1. The maximum atomic E-state index is 12.1. The van der Waals surface area contributed by atoms with E-state index < -0.39 is 23.8 Å². The van der Waals surface area contributed by atoms with Gasteiger partial charge in [0.1, 0.15) is 0 Å². The van der Waals surface area contributed by atoms with Gasteiger partial charge in [0, 0.05) is 10.6 Å². The first kappa shape index (κ1) is 13.7. The molecular weight excluding hydrogens is 244 g/mol. The summed E-state index contributed by atoms with van der Waals surface area (Å²) in [6.45, 7) is 0.733. The van der Waals surface area contributed by atoms with Gasteiger partial charge < -0.3 is 9.84 Å². The van der Waals surface area contributed by atoms with Crippen molar-refractivity contribution in [2.75, 3.05) is 13.7 Å². The predicted molar refractivity (Wildman–Crippen MR) is 63.0 cm³/mol. The van der Waals surface area contributed by atoms with Crippen molar-refractivity contribution in [3.63, 3.8) is 0 Å². The molecule has 1 aromatic carbocycles. The van der Waals surface area contributed by atoms with E-state index in [4.69, 9.17) is 11.6 Å². The molecule has 1 N–H and O–H groups in total. The lowest BCUT2D eigenvalue weighted by atomic mass is 9.83. The zero-order valence-corrected chi connectivity index (χ0v) is 10.3. The van der Waals surface area contributed by atoms with Crippen LogP contribution in [0, 0.1) is 5.41 Å². The molecule has 4 nitrogen and oxygen atoms in total. The highest BCUT2D eigenvalue weighted by atomic mass is 35.5. The fraction of sp³-hybridized carbons (Fsp3) is 0.333. The van der Waals surface area contributed by atoms with Gasteiger partial charge in [-0.3, -0.25) is 9.59 Å². The molecule has 5 heteroatoms. The Morgan fingerprint density at radius 1 is 1.35 bits per heavy atom. The summed E-state index contributed by atoms with van der Waals surface area (Å²) in [7, 11) is 1.17. The molecule has 0 amide bonds. The summed E-state index contributed by atoms with van der Waals surface area (Å²) in [5.41, 5.74) is -1.28. The second-order valence-electron chi connectivity index (χ2n) is 3.82. The molecule has 0 aromatic heterocycles. The van der Waals surface area contributed by atoms with Gasteiger partial charge in [-0.15, -0.1) is 0 Å². The van der Waals surface area contributed by atoms with E-state index in [0.717, 1.165) is 0 Å². The molecule has 0 aliphatic heterocycles. The fourth-order valence-electron chi connectivity index (χ4n) is 1.37. The number of methoxy groups -OCH3 is 1. The predicted octanol–water partition coefficient (Wildman–Crippen LogP) is 1.69. The molecule has 1 rings (SSSR count). The highest BCUT2D eigenvalue weighted by Gasteiger charge is 2.42. The van der Waals surface area contributed by atoms with Crippen LogP contribution >= 0.6 is 11.6 Å². The lowest BCUT2D eigenvalue weighted by molar-refractivity contribution is -0.150. The van der Waals surface area contributed by atoms with Crippen LogP contribution in [0.1, 0.15) is 17.3 Å². The highest BCUT2D eigenvalue weighted by Crippen LogP contribution is 2.24. The van der Waals surface area contributed by atoms with Crippen LogP contribution in [0.25, 0.3) is 0 Å². The van der Waals surface area contributed by atoms with E-state index in [9.17, 15) is 14.7 Å². The first-order valence-electron chi connectivity index (χ1n) is 4.95. The van der Waals surface area contributed by atoms with Crippen LogP contribution in [0.3, 0.4) is 0 Å². The SMILES string of the molecule is COC(=O)C(C)(CO)C(=O)c1ccc(Cl)cc1. The number of ether oxygens (including phenoxy) is 1. The van der Waals surface area contributed by atoms with E-state index in [0.29, 0.717) is 10.6 Å². The van der Waals surface area contributed by atoms with Crippen LogP contribution in [0.2, 0.25) is 5.02 Å². The van der Waals surface area contributed by atoms with Gasteiger partial charge in [-0.05, 0) is 31.2 Å². The largest absolute Gasteiger partial charge is 0.468 e. The molecule has 1 unspecified atom stereocenters. The number of aliphatic hydroxyl groups excluding tert-OH is 1. The Morgan fingerprint density at radius 2 is 1.88 bits per heavy atom. The number of carbonyl (C=O) groups excluding carboxylic acids is 2. The molecule has 17 heavy (non-hydrogen) atoms. The average molecular weight is 257 g/mol. The van der Waals surface area contributed by atoms with Gasteiger partial charge >= 0.3 is 5.97 Å². The summed E-state index contributed by atoms with van der Waals surface area (Å²) in [6.07, 6.45) is 0. The molecule has 0 aliphatic rings. The van der Waals surface area contributed by atoms with Gasteiger partial charge in [0.25, 0.3) is 0 Å². The van der Waals surface area contributed by atoms with Crippen molar-refractivity contribution in [2.24, 2.45) is 5.41 Å². The number of carbonyl (C=O) groups is 2. The van der Waals surface area contributed by atoms with Crippen LogP contribution in [-0.2, 0) is 9.53 Å². The summed E-state index contributed by atoms with van der Waals surface area (Å²) in [4.78, 5) is 23.6. The first-order chi connectivity index (χ1) is 7.95. The number of hydrogen-bond donors (Lipinski definition) is 1. The van der Waals surface area contributed by atoms with E-state index in [1.54, 1.807) is 12.1 Å². The zero-order chi connectivity index (χ0) is 13.1. The lowest BCUT2D eigenvalue weighted by Gasteiger charge is -2.22. The third-order valence-corrected chi connectivity index (χ3v) is 2.81. The average Bonchev–Trinajstić information content (AvgIpc) is 2.36. The quantitative estimate of drug-likeness (QED) is 0.506. The van der Waals surface area contributed by atoms with E-state index in [-0.39, 0.29) is 0 Å². The summed E-state index contributed by atoms with van der Waals surface area (Å²) < 4.78 is 4.53. The molecule has 0 radical (unpaired) electrons. The van der Waals surface area contributed by atoms with Gasteiger partial charge in [-0.25, -0.2) is 0 Å². The van der Waals surface area contributed by atoms with E-state index in [1.807, 2.05) is 0 Å². The van der Waals surface area contributed by atoms with Crippen LogP contribution in [0.4, 0.5) is 0 Å². The van der Waals surface area contributed by atoms with Gasteiger partial charge in [-0.1, -0.05) is 11.6 Å². The number of Topliss-reactive ketones (excluding diaryl/α,β-unsaturated/α-hetero) is 1. The fourth-order valence-corrected chi connectivity index (χ4v) is 1.50. The molecule has 1 atom stereocenters. The number of hydrogen-bond acceptors (Lipinski definition) is 4. The van der Waals surface area contributed by atoms with Gasteiger partial charge in [0.05, 0.1) is 13.7 Å². The van der Waals surface area contributed by atoms with Crippen molar-refractivity contribution in [3.05, 3.63) is 34.9 Å². The third-order valence-electron chi connectivity index (χ3n) is 2.56. The topological polar surface area (TPSA) is 63.6 Å². The van der Waals surface area contributed by atoms with Gasteiger partial charge in [0.15, 0.2) is 11.2 Å². The Bertz CT molecular complexity index is 427. The van der Waals surface area contributed by atoms with Crippen molar-refractivity contribution < 1.29 is 19.4 Å². The lowest BCUT2D eigenvalue weighted by Crippen LogP contribution is -2.40. The Hall–Kier alpha value is -1.39. The molecule has 0 saturated carbocycles. The minimum atomic E-state index is -1.58. The summed E-state index contributed by atoms with van der Waals surface area (Å²) in [5.74, 6) is -1.26. The van der Waals surface area contributed by atoms with Crippen molar-refractivity contribution in [1.82, 2.24) is 0 Å². The molecular formula is C12H13ClO4. The molecule has 0 saturated heterocycles. The van der Waals surface area contributed by atoms with Crippen LogP contribution in [0.5, 0.6) is 0 Å². The molecule has 0 fully saturated rings. The number of halogens is 1. The second-order valence-corrected chi connectivity index (χ2v) is 4.25. The third kappa shape index (κ3) is 2.65. The molecule has 0 heterocycles. The van der Waals surface area contributed by atoms with Crippen LogP contribution in [0.15, 0.2) is 24.3 Å². The van der Waals surface area contributed by atoms with Gasteiger partial charge in [-0.2, -0.15) is 0 Å². The summed E-state index contributed by atoms with van der Waals surface area (Å²) in [5, 5.41) is 9.72. The Labute approximate surface area is 104 Å². The highest BCUT2D eigenvalue weighted by molar-refractivity contribution is 6.30.